The molecule has 0 aliphatic heterocycles. The van der Waals surface area contributed by atoms with Gasteiger partial charge in [-0.25, -0.2) is 8.78 Å². The van der Waals surface area contributed by atoms with E-state index in [2.05, 4.69) is 10.6 Å². The molecule has 0 atom stereocenters. The van der Waals surface area contributed by atoms with Gasteiger partial charge in [0.1, 0.15) is 17.0 Å². The van der Waals surface area contributed by atoms with E-state index in [9.17, 15) is 18.4 Å². The van der Waals surface area contributed by atoms with Crippen molar-refractivity contribution in [2.24, 2.45) is 5.41 Å². The molecule has 0 saturated heterocycles. The van der Waals surface area contributed by atoms with Crippen LogP contribution < -0.4 is 10.6 Å². The Labute approximate surface area is 127 Å². The summed E-state index contributed by atoms with van der Waals surface area (Å²) in [5, 5.41) is 5.08. The van der Waals surface area contributed by atoms with Gasteiger partial charge in [-0.3, -0.25) is 9.59 Å². The summed E-state index contributed by atoms with van der Waals surface area (Å²) in [5.41, 5.74) is -1.26. The summed E-state index contributed by atoms with van der Waals surface area (Å²) in [6.07, 6.45) is 0.852. The van der Waals surface area contributed by atoms with Crippen LogP contribution in [0.15, 0.2) is 18.2 Å². The van der Waals surface area contributed by atoms with Gasteiger partial charge in [-0.2, -0.15) is 0 Å². The number of nitrogens with zero attached hydrogens (tertiary/aromatic N) is 1. The average Bonchev–Trinajstić information content (AvgIpc) is 3.23. The van der Waals surface area contributed by atoms with Gasteiger partial charge in [0, 0.05) is 19.2 Å². The zero-order valence-electron chi connectivity index (χ0n) is 12.6. The lowest BCUT2D eigenvalue weighted by molar-refractivity contribution is -0.134. The van der Waals surface area contributed by atoms with Gasteiger partial charge < -0.3 is 15.5 Å². The molecular weight excluding hydrogens is 292 g/mol. The first-order chi connectivity index (χ1) is 10.3. The number of nitrogens with one attached hydrogen (secondary N) is 2. The average molecular weight is 311 g/mol. The molecule has 1 saturated carbocycles. The van der Waals surface area contributed by atoms with E-state index in [-0.39, 0.29) is 11.6 Å². The maximum absolute atomic E-state index is 13.6. The summed E-state index contributed by atoms with van der Waals surface area (Å²) in [5.74, 6) is -2.50. The molecule has 2 amide bonds. The Morgan fingerprint density at radius 1 is 1.23 bits per heavy atom. The van der Waals surface area contributed by atoms with E-state index in [0.29, 0.717) is 32.0 Å². The minimum atomic E-state index is -1.13. The topological polar surface area (TPSA) is 61.4 Å². The Morgan fingerprint density at radius 2 is 1.91 bits per heavy atom. The van der Waals surface area contributed by atoms with Crippen LogP contribution in [-0.4, -0.2) is 43.9 Å². The molecule has 5 nitrogen and oxygen atoms in total. The monoisotopic (exact) mass is 311 g/mol. The number of anilines is 1. The number of amides is 2. The normalized spacial score (nSPS) is 15.5. The fourth-order valence-electron chi connectivity index (χ4n) is 2.08. The number of hydrogen-bond acceptors (Lipinski definition) is 3. The molecule has 0 heterocycles. The number of carbonyl (C=O) groups excluding carboxylic acids is 2. The van der Waals surface area contributed by atoms with E-state index in [1.165, 1.54) is 0 Å². The van der Waals surface area contributed by atoms with Crippen molar-refractivity contribution in [1.82, 2.24) is 10.2 Å². The standard InChI is InChI=1S/C15H19F2N3O2/c1-20(2)8-7-18-13(21)15(5-6-15)14(22)19-12-4-3-10(16)9-11(12)17/h3-4,9H,5-8H2,1-2H3,(H,18,21)(H,19,22). The molecular formula is C15H19F2N3O2. The molecule has 0 radical (unpaired) electrons. The highest BCUT2D eigenvalue weighted by Crippen LogP contribution is 2.46. The summed E-state index contributed by atoms with van der Waals surface area (Å²) in [7, 11) is 3.76. The Kier molecular flexibility index (Phi) is 4.75. The molecule has 2 rings (SSSR count). The highest BCUT2D eigenvalue weighted by Gasteiger charge is 2.56. The Balaban J connectivity index is 1.97. The van der Waals surface area contributed by atoms with Crippen LogP contribution >= 0.6 is 0 Å². The molecule has 0 bridgehead atoms. The van der Waals surface area contributed by atoms with Crippen LogP contribution in [0.3, 0.4) is 0 Å². The Bertz CT molecular complexity index is 586. The van der Waals surface area contributed by atoms with E-state index >= 15 is 0 Å². The molecule has 1 aliphatic carbocycles. The molecule has 1 aromatic rings. The summed E-state index contributed by atoms with van der Waals surface area (Å²) in [6.45, 7) is 1.10. The lowest BCUT2D eigenvalue weighted by Gasteiger charge is -2.17. The van der Waals surface area contributed by atoms with Gasteiger partial charge in [0.15, 0.2) is 0 Å². The molecule has 1 fully saturated rings. The number of rotatable bonds is 6. The second kappa shape index (κ2) is 6.39. The van der Waals surface area contributed by atoms with Crippen LogP contribution in [0.5, 0.6) is 0 Å². The third kappa shape index (κ3) is 3.59. The maximum atomic E-state index is 13.6. The predicted molar refractivity (Wildman–Crippen MR) is 78.2 cm³/mol. The number of halogens is 2. The van der Waals surface area contributed by atoms with Gasteiger partial charge in [-0.05, 0) is 39.1 Å². The van der Waals surface area contributed by atoms with Gasteiger partial charge in [-0.1, -0.05) is 0 Å². The fourth-order valence-corrected chi connectivity index (χ4v) is 2.08. The number of carbonyl (C=O) groups is 2. The summed E-state index contributed by atoms with van der Waals surface area (Å²) >= 11 is 0. The van der Waals surface area contributed by atoms with Crippen molar-refractivity contribution >= 4 is 17.5 Å². The third-order valence-electron chi connectivity index (χ3n) is 3.64. The van der Waals surface area contributed by atoms with E-state index < -0.39 is 23.0 Å². The highest BCUT2D eigenvalue weighted by molar-refractivity contribution is 6.13. The van der Waals surface area contributed by atoms with Gasteiger partial charge in [-0.15, -0.1) is 0 Å². The van der Waals surface area contributed by atoms with Crippen molar-refractivity contribution in [3.05, 3.63) is 29.8 Å². The van der Waals surface area contributed by atoms with E-state index in [0.717, 1.165) is 12.1 Å². The zero-order valence-corrected chi connectivity index (χ0v) is 12.6. The van der Waals surface area contributed by atoms with Crippen molar-refractivity contribution in [3.8, 4) is 0 Å². The van der Waals surface area contributed by atoms with Crippen molar-refractivity contribution in [1.29, 1.82) is 0 Å². The van der Waals surface area contributed by atoms with Crippen molar-refractivity contribution in [3.63, 3.8) is 0 Å². The summed E-state index contributed by atoms with van der Waals surface area (Å²) in [4.78, 5) is 26.3. The predicted octanol–water partition coefficient (Wildman–Crippen LogP) is 1.36. The first-order valence-electron chi connectivity index (χ1n) is 7.05. The first kappa shape index (κ1) is 16.4. The largest absolute Gasteiger partial charge is 0.354 e. The van der Waals surface area contributed by atoms with E-state index in [1.807, 2.05) is 19.0 Å². The minimum Gasteiger partial charge on any atom is -0.354 e. The molecule has 0 spiro atoms. The van der Waals surface area contributed by atoms with Crippen molar-refractivity contribution < 1.29 is 18.4 Å². The number of likely N-dealkylation sites (N-methyl/N-ethyl adjacent to an activating group) is 1. The van der Waals surface area contributed by atoms with Crippen molar-refractivity contribution in [2.75, 3.05) is 32.5 Å². The lowest BCUT2D eigenvalue weighted by Crippen LogP contribution is -2.42. The lowest BCUT2D eigenvalue weighted by atomic mass is 10.0. The third-order valence-corrected chi connectivity index (χ3v) is 3.64. The number of hydrogen-bond donors (Lipinski definition) is 2. The second-order valence-electron chi connectivity index (χ2n) is 5.72. The second-order valence-corrected chi connectivity index (χ2v) is 5.72. The minimum absolute atomic E-state index is 0.126. The molecule has 1 aromatic carbocycles. The van der Waals surface area contributed by atoms with Gasteiger partial charge in [0.25, 0.3) is 0 Å². The van der Waals surface area contributed by atoms with Crippen LogP contribution in [0.25, 0.3) is 0 Å². The van der Waals surface area contributed by atoms with Gasteiger partial charge in [0.2, 0.25) is 11.8 Å². The van der Waals surface area contributed by atoms with Crippen LogP contribution in [0.4, 0.5) is 14.5 Å². The molecule has 0 aromatic heterocycles. The summed E-state index contributed by atoms with van der Waals surface area (Å²) < 4.78 is 26.4. The van der Waals surface area contributed by atoms with Crippen LogP contribution in [0.1, 0.15) is 12.8 Å². The van der Waals surface area contributed by atoms with Gasteiger partial charge >= 0.3 is 0 Å². The smallest absolute Gasteiger partial charge is 0.240 e. The Morgan fingerprint density at radius 3 is 2.45 bits per heavy atom. The maximum Gasteiger partial charge on any atom is 0.240 e. The van der Waals surface area contributed by atoms with Crippen LogP contribution in [0, 0.1) is 17.0 Å². The van der Waals surface area contributed by atoms with E-state index in [4.69, 9.17) is 0 Å². The molecule has 0 unspecified atom stereocenters. The first-order valence-corrected chi connectivity index (χ1v) is 7.05. The van der Waals surface area contributed by atoms with Crippen molar-refractivity contribution in [2.45, 2.75) is 12.8 Å². The molecule has 22 heavy (non-hydrogen) atoms. The molecule has 120 valence electrons. The number of benzene rings is 1. The van der Waals surface area contributed by atoms with E-state index in [1.54, 1.807) is 0 Å². The van der Waals surface area contributed by atoms with Crippen LogP contribution in [-0.2, 0) is 9.59 Å². The molecule has 1 aliphatic rings. The zero-order chi connectivity index (χ0) is 16.3. The van der Waals surface area contributed by atoms with Gasteiger partial charge in [0.05, 0.1) is 5.69 Å². The highest BCUT2D eigenvalue weighted by atomic mass is 19.1. The molecule has 7 heteroatoms. The molecule has 2 N–H and O–H groups in total. The van der Waals surface area contributed by atoms with Crippen LogP contribution in [0.2, 0.25) is 0 Å². The fraction of sp³-hybridized carbons (Fsp3) is 0.467. The quantitative estimate of drug-likeness (QED) is 0.780. The SMILES string of the molecule is CN(C)CCNC(=O)C1(C(=O)Nc2ccc(F)cc2F)CC1. The summed E-state index contributed by atoms with van der Waals surface area (Å²) in [6, 6.07) is 2.88. The Hall–Kier alpha value is -2.02.